The van der Waals surface area contributed by atoms with E-state index in [1.165, 1.54) is 12.8 Å². The number of nitrogens with one attached hydrogen (secondary N) is 1. The van der Waals surface area contributed by atoms with Crippen LogP contribution in [0.5, 0.6) is 11.5 Å². The molecule has 2 aromatic rings. The zero-order chi connectivity index (χ0) is 24.8. The first-order valence-corrected chi connectivity index (χ1v) is 12.9. The van der Waals surface area contributed by atoms with Gasteiger partial charge in [-0.3, -0.25) is 14.5 Å². The van der Waals surface area contributed by atoms with Crippen molar-refractivity contribution in [1.29, 1.82) is 0 Å². The first-order chi connectivity index (χ1) is 17.4. The van der Waals surface area contributed by atoms with E-state index < -0.39 is 28.9 Å². The predicted molar refractivity (Wildman–Crippen MR) is 130 cm³/mol. The second-order valence-corrected chi connectivity index (χ2v) is 11.3. The molecule has 2 saturated carbocycles. The van der Waals surface area contributed by atoms with Crippen molar-refractivity contribution < 1.29 is 29.6 Å². The molecule has 2 heterocycles. The number of piperidine rings is 1. The maximum atomic E-state index is 13.9. The third kappa shape index (κ3) is 2.86. The third-order valence-electron chi connectivity index (χ3n) is 9.35. The molecule has 0 radical (unpaired) electrons. The van der Waals surface area contributed by atoms with E-state index >= 15 is 0 Å². The normalized spacial score (nSPS) is 34.2. The molecule has 1 amide bonds. The average Bonchev–Trinajstić information content (AvgIpc) is 3.61. The van der Waals surface area contributed by atoms with Crippen LogP contribution in [-0.4, -0.2) is 62.7 Å². The minimum Gasteiger partial charge on any atom is -0.504 e. The lowest BCUT2D eigenvalue weighted by molar-refractivity contribution is -0.197. The molecule has 8 nitrogen and oxygen atoms in total. The van der Waals surface area contributed by atoms with Crippen LogP contribution in [0.3, 0.4) is 0 Å². The predicted octanol–water partition coefficient (Wildman–Crippen LogP) is 1.88. The molecule has 36 heavy (non-hydrogen) atoms. The Labute approximate surface area is 208 Å². The van der Waals surface area contributed by atoms with Gasteiger partial charge in [-0.25, -0.2) is 0 Å². The number of carbonyl (C=O) groups is 2. The summed E-state index contributed by atoms with van der Waals surface area (Å²) in [6.45, 7) is 1.56. The number of phenolic OH excluding ortho intramolecular Hbond substituents is 1. The zero-order valence-corrected chi connectivity index (χ0v) is 19.9. The first-order valence-electron chi connectivity index (χ1n) is 12.9. The summed E-state index contributed by atoms with van der Waals surface area (Å²) in [4.78, 5) is 29.7. The van der Waals surface area contributed by atoms with Gasteiger partial charge in [-0.2, -0.15) is 0 Å². The molecule has 0 aromatic heterocycles. The van der Waals surface area contributed by atoms with E-state index in [-0.39, 0.29) is 30.6 Å². The standard InChI is InChI=1S/C28H30N2O6/c31-14-16-3-6-18(7-4-16)29-26(34)19-12-28(35)21-11-17-5-8-20(32)24-22(17)27(28,25(36-24)23(19)33)9-10-30(21)13-15-1-2-15/h3-8,15,19,21,25,31-32,35H,1-2,9-14H2,(H,29,34)/t19?,21-,25+,27+,28-/m1/s1. The van der Waals surface area contributed by atoms with E-state index in [0.717, 1.165) is 29.8 Å². The number of hydrogen-bond donors (Lipinski definition) is 4. The monoisotopic (exact) mass is 490 g/mol. The third-order valence-corrected chi connectivity index (χ3v) is 9.35. The number of Topliss-reactive ketones (excluding diaryl/α,β-unsaturated/α-hetero) is 1. The smallest absolute Gasteiger partial charge is 0.235 e. The minimum atomic E-state index is -1.34. The largest absolute Gasteiger partial charge is 0.504 e. The van der Waals surface area contributed by atoms with Gasteiger partial charge in [-0.1, -0.05) is 18.2 Å². The molecule has 5 aliphatic rings. The molecule has 3 fully saturated rings. The van der Waals surface area contributed by atoms with E-state index in [0.29, 0.717) is 30.2 Å². The fourth-order valence-electron chi connectivity index (χ4n) is 7.45. The highest BCUT2D eigenvalue weighted by molar-refractivity contribution is 6.10. The molecular weight excluding hydrogens is 460 g/mol. The van der Waals surface area contributed by atoms with E-state index in [4.69, 9.17) is 4.74 Å². The summed E-state index contributed by atoms with van der Waals surface area (Å²) in [6, 6.07) is 10.1. The molecule has 8 heteroatoms. The van der Waals surface area contributed by atoms with Gasteiger partial charge >= 0.3 is 0 Å². The van der Waals surface area contributed by atoms with Crippen LogP contribution >= 0.6 is 0 Å². The van der Waals surface area contributed by atoms with Crippen molar-refractivity contribution in [3.63, 3.8) is 0 Å². The van der Waals surface area contributed by atoms with Crippen molar-refractivity contribution in [3.8, 4) is 11.5 Å². The van der Waals surface area contributed by atoms with E-state index in [1.54, 1.807) is 30.3 Å². The fourth-order valence-corrected chi connectivity index (χ4v) is 7.45. The lowest BCUT2D eigenvalue weighted by atomic mass is 9.47. The number of ether oxygens (including phenoxy) is 1. The Morgan fingerprint density at radius 1 is 1.17 bits per heavy atom. The average molecular weight is 491 g/mol. The molecule has 2 aliphatic heterocycles. The van der Waals surface area contributed by atoms with Gasteiger partial charge in [0.2, 0.25) is 5.91 Å². The molecule has 188 valence electrons. The van der Waals surface area contributed by atoms with Gasteiger partial charge in [-0.15, -0.1) is 0 Å². The van der Waals surface area contributed by atoms with Crippen LogP contribution in [0.25, 0.3) is 0 Å². The lowest BCUT2D eigenvalue weighted by Crippen LogP contribution is -2.78. The van der Waals surface area contributed by atoms with E-state index in [1.807, 2.05) is 6.07 Å². The maximum absolute atomic E-state index is 13.9. The second kappa shape index (κ2) is 7.54. The number of nitrogens with zero attached hydrogens (tertiary/aromatic N) is 1. The number of benzene rings is 2. The summed E-state index contributed by atoms with van der Waals surface area (Å²) < 4.78 is 6.19. The number of hydrogen-bond acceptors (Lipinski definition) is 7. The number of likely N-dealkylation sites (tertiary alicyclic amines) is 1. The Balaban J connectivity index is 1.29. The van der Waals surface area contributed by atoms with Gasteiger partial charge in [0.1, 0.15) is 5.92 Å². The summed E-state index contributed by atoms with van der Waals surface area (Å²) in [5.41, 5.74) is 0.719. The molecule has 1 spiro atoms. The number of aliphatic hydroxyl groups is 2. The van der Waals surface area contributed by atoms with Crippen LogP contribution in [0.1, 0.15) is 42.4 Å². The van der Waals surface area contributed by atoms with Crippen LogP contribution in [-0.2, 0) is 28.0 Å². The van der Waals surface area contributed by atoms with Crippen molar-refractivity contribution >= 4 is 17.4 Å². The summed E-state index contributed by atoms with van der Waals surface area (Å²) in [5, 5.41) is 35.4. The first kappa shape index (κ1) is 22.3. The summed E-state index contributed by atoms with van der Waals surface area (Å²) in [7, 11) is 0. The molecule has 1 saturated heterocycles. The van der Waals surface area contributed by atoms with Crippen LogP contribution < -0.4 is 10.1 Å². The second-order valence-electron chi connectivity index (χ2n) is 11.3. The maximum Gasteiger partial charge on any atom is 0.235 e. The van der Waals surface area contributed by atoms with Gasteiger partial charge in [0, 0.05) is 23.8 Å². The summed E-state index contributed by atoms with van der Waals surface area (Å²) >= 11 is 0. The Morgan fingerprint density at radius 2 is 1.94 bits per heavy atom. The van der Waals surface area contributed by atoms with Gasteiger partial charge in [0.15, 0.2) is 23.4 Å². The van der Waals surface area contributed by atoms with Crippen LogP contribution in [0.4, 0.5) is 5.69 Å². The molecule has 4 N–H and O–H groups in total. The number of rotatable bonds is 5. The molecule has 2 bridgehead atoms. The molecule has 5 atom stereocenters. The number of anilines is 1. The highest BCUT2D eigenvalue weighted by Crippen LogP contribution is 2.65. The van der Waals surface area contributed by atoms with Crippen molar-refractivity contribution in [1.82, 2.24) is 4.90 Å². The van der Waals surface area contributed by atoms with Crippen molar-refractivity contribution in [2.24, 2.45) is 11.8 Å². The topological polar surface area (TPSA) is 119 Å². The molecule has 1 unspecified atom stereocenters. The Bertz CT molecular complexity index is 1270. The zero-order valence-electron chi connectivity index (χ0n) is 19.9. The van der Waals surface area contributed by atoms with Gasteiger partial charge < -0.3 is 25.4 Å². The number of aliphatic hydroxyl groups excluding tert-OH is 1. The van der Waals surface area contributed by atoms with Crippen LogP contribution in [0.15, 0.2) is 36.4 Å². The Kier molecular flexibility index (Phi) is 4.66. The summed E-state index contributed by atoms with van der Waals surface area (Å²) in [5.74, 6) is -0.993. The van der Waals surface area contributed by atoms with Crippen LogP contribution in [0, 0.1) is 11.8 Å². The molecule has 7 rings (SSSR count). The Hall–Kier alpha value is -2.94. The minimum absolute atomic E-state index is 0.0205. The highest BCUT2D eigenvalue weighted by Gasteiger charge is 2.75. The number of phenols is 1. The number of amides is 1. The van der Waals surface area contributed by atoms with Gasteiger partial charge in [0.05, 0.1) is 17.6 Å². The van der Waals surface area contributed by atoms with Crippen molar-refractivity contribution in [3.05, 3.63) is 53.1 Å². The van der Waals surface area contributed by atoms with E-state index in [9.17, 15) is 24.9 Å². The quantitative estimate of drug-likeness (QED) is 0.473. The molecule has 2 aromatic carbocycles. The molecule has 3 aliphatic carbocycles. The summed E-state index contributed by atoms with van der Waals surface area (Å²) in [6.07, 6.45) is 2.54. The van der Waals surface area contributed by atoms with E-state index in [2.05, 4.69) is 10.2 Å². The number of carbonyl (C=O) groups excluding carboxylic acids is 2. The fraction of sp³-hybridized carbons (Fsp3) is 0.500. The van der Waals surface area contributed by atoms with Crippen LogP contribution in [0.2, 0.25) is 0 Å². The Morgan fingerprint density at radius 3 is 2.67 bits per heavy atom. The molecular formula is C28H30N2O6. The van der Waals surface area contributed by atoms with Gasteiger partial charge in [0.25, 0.3) is 0 Å². The lowest BCUT2D eigenvalue weighted by Gasteiger charge is -2.63. The highest BCUT2D eigenvalue weighted by atomic mass is 16.5. The SMILES string of the molecule is O=C(Nc1ccc(CO)cc1)C1C[C@@]2(O)[C@H]3Cc4ccc(O)c5c4[C@@]2(CCN3CC2CC2)[C@@H](O5)C1=O. The number of ketones is 1. The van der Waals surface area contributed by atoms with Crippen molar-refractivity contribution in [2.45, 2.75) is 61.9 Å². The number of aromatic hydroxyl groups is 1. The van der Waals surface area contributed by atoms with Gasteiger partial charge in [-0.05, 0) is 73.9 Å². The van der Waals surface area contributed by atoms with Crippen molar-refractivity contribution in [2.75, 3.05) is 18.4 Å².